The van der Waals surface area contributed by atoms with E-state index in [1.54, 1.807) is 29.1 Å². The molecule has 0 radical (unpaired) electrons. The van der Waals surface area contributed by atoms with Gasteiger partial charge in [-0.1, -0.05) is 24.3 Å². The number of hydrogen-bond acceptors (Lipinski definition) is 5. The van der Waals surface area contributed by atoms with Crippen molar-refractivity contribution in [2.24, 2.45) is 17.3 Å². The van der Waals surface area contributed by atoms with Gasteiger partial charge in [-0.05, 0) is 60.8 Å². The fourth-order valence-corrected chi connectivity index (χ4v) is 5.79. The van der Waals surface area contributed by atoms with Crippen LogP contribution >= 0.6 is 0 Å². The number of ketones is 1. The molecule has 2 saturated carbocycles. The van der Waals surface area contributed by atoms with E-state index in [9.17, 15) is 22.8 Å². The van der Waals surface area contributed by atoms with E-state index in [1.807, 2.05) is 12.1 Å². The van der Waals surface area contributed by atoms with E-state index in [4.69, 9.17) is 4.74 Å². The van der Waals surface area contributed by atoms with Crippen LogP contribution in [-0.2, 0) is 16.1 Å². The number of benzene rings is 2. The molecular formula is C26H25F3N2O4. The number of carbonyl (C=O) groups is 2. The summed E-state index contributed by atoms with van der Waals surface area (Å²) in [7, 11) is 1.41. The summed E-state index contributed by atoms with van der Waals surface area (Å²) < 4.78 is 47.7. The first kappa shape index (κ1) is 23.4. The molecule has 6 nitrogen and oxygen atoms in total. The van der Waals surface area contributed by atoms with Crippen LogP contribution in [0.15, 0.2) is 48.7 Å². The van der Waals surface area contributed by atoms with E-state index in [1.165, 1.54) is 19.2 Å². The maximum Gasteiger partial charge on any atom is 0.573 e. The zero-order chi connectivity index (χ0) is 24.8. The molecule has 2 fully saturated rings. The number of fused-ring (bicyclic) bond motifs is 1. The highest BCUT2D eigenvalue weighted by atomic mass is 19.4. The quantitative estimate of drug-likeness (QED) is 0.324. The van der Waals surface area contributed by atoms with Gasteiger partial charge in [-0.2, -0.15) is 5.10 Å². The molecule has 0 amide bonds. The lowest BCUT2D eigenvalue weighted by atomic mass is 9.47. The van der Waals surface area contributed by atoms with E-state index in [-0.39, 0.29) is 28.8 Å². The lowest BCUT2D eigenvalue weighted by Crippen LogP contribution is -2.50. The molecule has 1 spiro atoms. The van der Waals surface area contributed by atoms with Gasteiger partial charge >= 0.3 is 12.3 Å². The van der Waals surface area contributed by atoms with Gasteiger partial charge in [0.25, 0.3) is 0 Å². The predicted molar refractivity (Wildman–Crippen MR) is 121 cm³/mol. The number of aromatic nitrogens is 2. The van der Waals surface area contributed by atoms with Gasteiger partial charge in [0.1, 0.15) is 5.75 Å². The first-order valence-corrected chi connectivity index (χ1v) is 11.5. The van der Waals surface area contributed by atoms with Crippen molar-refractivity contribution in [1.82, 2.24) is 9.78 Å². The molecule has 0 N–H and O–H groups in total. The summed E-state index contributed by atoms with van der Waals surface area (Å²) in [5, 5.41) is 5.25. The summed E-state index contributed by atoms with van der Waals surface area (Å²) in [5.74, 6) is -0.0830. The van der Waals surface area contributed by atoms with Gasteiger partial charge in [0.05, 0.1) is 31.3 Å². The Morgan fingerprint density at radius 3 is 2.46 bits per heavy atom. The minimum atomic E-state index is -4.74. The third kappa shape index (κ3) is 4.76. The molecule has 0 saturated heterocycles. The van der Waals surface area contributed by atoms with Crippen molar-refractivity contribution in [2.75, 3.05) is 7.11 Å². The Balaban J connectivity index is 1.26. The molecular weight excluding hydrogens is 461 g/mol. The van der Waals surface area contributed by atoms with E-state index in [0.29, 0.717) is 24.4 Å². The Morgan fingerprint density at radius 2 is 1.80 bits per heavy atom. The number of alkyl halides is 3. The third-order valence-electron chi connectivity index (χ3n) is 7.26. The molecule has 184 valence electrons. The van der Waals surface area contributed by atoms with Gasteiger partial charge in [0.15, 0.2) is 5.78 Å². The lowest BCUT2D eigenvalue weighted by Gasteiger charge is -2.57. The average Bonchev–Trinajstić information content (AvgIpc) is 3.17. The fourth-order valence-electron chi connectivity index (χ4n) is 5.79. The summed E-state index contributed by atoms with van der Waals surface area (Å²) in [6.07, 6.45) is 0.989. The number of carbonyl (C=O) groups excluding carboxylic acids is 2. The first-order chi connectivity index (χ1) is 16.6. The number of nitrogens with zero attached hydrogens (tertiary/aromatic N) is 2. The van der Waals surface area contributed by atoms with Crippen LogP contribution in [0.3, 0.4) is 0 Å². The van der Waals surface area contributed by atoms with Gasteiger partial charge in [0.2, 0.25) is 0 Å². The number of para-hydroxylation sites is 1. The largest absolute Gasteiger partial charge is 0.573 e. The van der Waals surface area contributed by atoms with Crippen LogP contribution in [-0.4, -0.2) is 35.0 Å². The second-order valence-corrected chi connectivity index (χ2v) is 9.77. The number of methoxy groups -OCH3 is 1. The van der Waals surface area contributed by atoms with Crippen molar-refractivity contribution in [3.05, 3.63) is 59.8 Å². The Morgan fingerprint density at radius 1 is 1.09 bits per heavy atom. The average molecular weight is 486 g/mol. The summed E-state index contributed by atoms with van der Waals surface area (Å²) in [6, 6.07) is 11.1. The van der Waals surface area contributed by atoms with Gasteiger partial charge in [-0.25, -0.2) is 0 Å². The molecule has 0 bridgehead atoms. The molecule has 5 rings (SSSR count). The molecule has 0 atom stereocenters. The van der Waals surface area contributed by atoms with Gasteiger partial charge in [-0.3, -0.25) is 14.3 Å². The van der Waals surface area contributed by atoms with E-state index in [2.05, 4.69) is 9.84 Å². The zero-order valence-electron chi connectivity index (χ0n) is 19.2. The zero-order valence-corrected chi connectivity index (χ0v) is 19.2. The molecule has 0 aliphatic heterocycles. The number of hydrogen-bond donors (Lipinski definition) is 0. The van der Waals surface area contributed by atoms with Crippen LogP contribution in [0.1, 0.15) is 48.0 Å². The SMILES string of the molecule is COC(=O)C1CC2(CC(CC(=O)c3cccc4cnn(Cc5ccc(OC(F)(F)F)cc5)c34)C2)C1. The molecule has 9 heteroatoms. The highest BCUT2D eigenvalue weighted by Gasteiger charge is 2.55. The van der Waals surface area contributed by atoms with E-state index < -0.39 is 6.36 Å². The fraction of sp³-hybridized carbons (Fsp3) is 0.423. The number of rotatable bonds is 7. The molecule has 1 aromatic heterocycles. The Hall–Kier alpha value is -3.36. The van der Waals surface area contributed by atoms with Crippen molar-refractivity contribution < 1.29 is 32.2 Å². The van der Waals surface area contributed by atoms with Gasteiger partial charge in [0, 0.05) is 17.4 Å². The van der Waals surface area contributed by atoms with Crippen molar-refractivity contribution in [2.45, 2.75) is 45.0 Å². The highest BCUT2D eigenvalue weighted by molar-refractivity contribution is 6.07. The Labute approximate surface area is 200 Å². The number of ether oxygens (including phenoxy) is 2. The minimum absolute atomic E-state index is 0.00570. The van der Waals surface area contributed by atoms with Crippen molar-refractivity contribution in [1.29, 1.82) is 0 Å². The molecule has 3 aromatic rings. The molecule has 2 aliphatic rings. The highest BCUT2D eigenvalue weighted by Crippen LogP contribution is 2.62. The molecule has 1 heterocycles. The van der Waals surface area contributed by atoms with Crippen LogP contribution in [0, 0.1) is 17.3 Å². The van der Waals surface area contributed by atoms with Gasteiger partial charge in [-0.15, -0.1) is 13.2 Å². The second kappa shape index (κ2) is 8.70. The summed E-state index contributed by atoms with van der Waals surface area (Å²) >= 11 is 0. The summed E-state index contributed by atoms with van der Waals surface area (Å²) in [4.78, 5) is 24.9. The van der Waals surface area contributed by atoms with E-state index >= 15 is 0 Å². The summed E-state index contributed by atoms with van der Waals surface area (Å²) in [5.41, 5.74) is 2.24. The summed E-state index contributed by atoms with van der Waals surface area (Å²) in [6.45, 7) is 0.307. The second-order valence-electron chi connectivity index (χ2n) is 9.77. The van der Waals surface area contributed by atoms with Crippen LogP contribution in [0.2, 0.25) is 0 Å². The predicted octanol–water partition coefficient (Wildman–Crippen LogP) is 5.54. The van der Waals surface area contributed by atoms with Crippen molar-refractivity contribution in [3.63, 3.8) is 0 Å². The normalized spacial score (nSPS) is 23.5. The maximum atomic E-state index is 13.2. The van der Waals surface area contributed by atoms with Crippen LogP contribution < -0.4 is 4.74 Å². The van der Waals surface area contributed by atoms with Gasteiger partial charge < -0.3 is 9.47 Å². The molecule has 0 unspecified atom stereocenters. The minimum Gasteiger partial charge on any atom is -0.469 e. The monoisotopic (exact) mass is 486 g/mol. The topological polar surface area (TPSA) is 70.4 Å². The Kier molecular flexibility index (Phi) is 5.81. The van der Waals surface area contributed by atoms with Crippen molar-refractivity contribution >= 4 is 22.7 Å². The molecule has 35 heavy (non-hydrogen) atoms. The maximum absolute atomic E-state index is 13.2. The van der Waals surface area contributed by atoms with Crippen LogP contribution in [0.5, 0.6) is 5.75 Å². The first-order valence-electron chi connectivity index (χ1n) is 11.5. The lowest BCUT2D eigenvalue weighted by molar-refractivity contribution is -0.274. The van der Waals surface area contributed by atoms with Crippen molar-refractivity contribution in [3.8, 4) is 5.75 Å². The number of halogens is 3. The van der Waals surface area contributed by atoms with E-state index in [0.717, 1.165) is 42.1 Å². The third-order valence-corrected chi connectivity index (χ3v) is 7.26. The number of esters is 1. The van der Waals surface area contributed by atoms with Crippen LogP contribution in [0.4, 0.5) is 13.2 Å². The van der Waals surface area contributed by atoms with Crippen LogP contribution in [0.25, 0.3) is 10.9 Å². The Bertz CT molecular complexity index is 1250. The standard InChI is InChI=1S/C26H25F3N2O4/c1-34-24(33)19-12-25(13-19)10-17(11-25)9-22(32)21-4-2-3-18-14-30-31(23(18)21)15-16-5-7-20(8-6-16)35-26(27,28)29/h2-8,14,17,19H,9-13,15H2,1H3. The number of Topliss-reactive ketones (excluding diaryl/α,β-unsaturated/α-hetero) is 1. The molecule has 2 aliphatic carbocycles. The molecule has 2 aromatic carbocycles. The smallest absolute Gasteiger partial charge is 0.469 e.